The molecule has 1 aliphatic rings. The quantitative estimate of drug-likeness (QED) is 0.907. The van der Waals surface area contributed by atoms with Crippen molar-refractivity contribution in [2.75, 3.05) is 20.2 Å². The zero-order valence-corrected chi connectivity index (χ0v) is 11.8. The molecule has 0 spiro atoms. The monoisotopic (exact) mass is 277 g/mol. The first kappa shape index (κ1) is 14.4. The Bertz CT molecular complexity index is 511. The number of hydrogen-bond donors (Lipinski definition) is 1. The van der Waals surface area contributed by atoms with Gasteiger partial charge in [0.25, 0.3) is 0 Å². The third kappa shape index (κ3) is 2.92. The van der Waals surface area contributed by atoms with E-state index in [4.69, 9.17) is 9.84 Å². The van der Waals surface area contributed by atoms with E-state index in [1.807, 2.05) is 24.3 Å². The summed E-state index contributed by atoms with van der Waals surface area (Å²) < 4.78 is 5.07. The van der Waals surface area contributed by atoms with Crippen molar-refractivity contribution in [3.05, 3.63) is 29.8 Å². The highest BCUT2D eigenvalue weighted by Gasteiger charge is 2.41. The maximum atomic E-state index is 12.2. The summed E-state index contributed by atoms with van der Waals surface area (Å²) in [6, 6.07) is 7.33. The molecule has 1 aromatic rings. The molecule has 1 fully saturated rings. The molecule has 0 radical (unpaired) electrons. The Morgan fingerprint density at radius 3 is 2.50 bits per heavy atom. The Morgan fingerprint density at radius 1 is 1.35 bits per heavy atom. The number of ether oxygens (including phenoxy) is 1. The molecule has 1 amide bonds. The fraction of sp³-hybridized carbons (Fsp3) is 0.467. The molecule has 0 bridgehead atoms. The van der Waals surface area contributed by atoms with E-state index in [2.05, 4.69) is 0 Å². The number of benzene rings is 1. The Balaban J connectivity index is 1.97. The second kappa shape index (κ2) is 5.53. The molecule has 1 heterocycles. The highest BCUT2D eigenvalue weighted by molar-refractivity contribution is 5.82. The number of hydrogen-bond acceptors (Lipinski definition) is 3. The number of carbonyl (C=O) groups is 2. The second-order valence-corrected chi connectivity index (χ2v) is 5.46. The molecule has 5 heteroatoms. The molecule has 0 aliphatic carbocycles. The minimum absolute atomic E-state index is 0.0276. The molecule has 1 saturated heterocycles. The van der Waals surface area contributed by atoms with E-state index in [0.717, 1.165) is 11.3 Å². The van der Waals surface area contributed by atoms with Crippen LogP contribution in [-0.2, 0) is 16.0 Å². The van der Waals surface area contributed by atoms with Gasteiger partial charge in [-0.05, 0) is 31.0 Å². The molecule has 5 nitrogen and oxygen atoms in total. The van der Waals surface area contributed by atoms with Crippen LogP contribution in [0.4, 0.5) is 0 Å². The Hall–Kier alpha value is -2.04. The lowest BCUT2D eigenvalue weighted by atomic mass is 9.90. The van der Waals surface area contributed by atoms with Crippen LogP contribution in [0.3, 0.4) is 0 Å². The number of carbonyl (C=O) groups excluding carboxylic acids is 1. The smallest absolute Gasteiger partial charge is 0.311 e. The molecule has 1 aromatic carbocycles. The van der Waals surface area contributed by atoms with Gasteiger partial charge in [-0.15, -0.1) is 0 Å². The SMILES string of the molecule is COc1ccc(CC(=O)N2CC[C@@](C)(C(=O)O)C2)cc1. The number of methoxy groups -OCH3 is 1. The summed E-state index contributed by atoms with van der Waals surface area (Å²) in [6.07, 6.45) is 0.802. The fourth-order valence-electron chi connectivity index (χ4n) is 2.38. The zero-order valence-electron chi connectivity index (χ0n) is 11.8. The average molecular weight is 277 g/mol. The molecule has 2 rings (SSSR count). The van der Waals surface area contributed by atoms with E-state index < -0.39 is 11.4 Å². The van der Waals surface area contributed by atoms with Crippen molar-refractivity contribution in [1.29, 1.82) is 0 Å². The number of aliphatic carboxylic acids is 1. The third-order valence-electron chi connectivity index (χ3n) is 3.86. The summed E-state index contributed by atoms with van der Waals surface area (Å²) >= 11 is 0. The highest BCUT2D eigenvalue weighted by atomic mass is 16.5. The summed E-state index contributed by atoms with van der Waals surface area (Å²) in [5, 5.41) is 9.17. The predicted molar refractivity (Wildman–Crippen MR) is 73.6 cm³/mol. The van der Waals surface area contributed by atoms with Gasteiger partial charge < -0.3 is 14.7 Å². The molecule has 1 aliphatic heterocycles. The van der Waals surface area contributed by atoms with Crippen LogP contribution in [0.25, 0.3) is 0 Å². The molecular formula is C15H19NO4. The van der Waals surface area contributed by atoms with E-state index in [-0.39, 0.29) is 12.5 Å². The van der Waals surface area contributed by atoms with E-state index >= 15 is 0 Å². The van der Waals surface area contributed by atoms with E-state index in [1.165, 1.54) is 0 Å². The first-order valence-electron chi connectivity index (χ1n) is 6.59. The average Bonchev–Trinajstić information content (AvgIpc) is 2.84. The van der Waals surface area contributed by atoms with Crippen molar-refractivity contribution in [1.82, 2.24) is 4.90 Å². The zero-order chi connectivity index (χ0) is 14.8. The summed E-state index contributed by atoms with van der Waals surface area (Å²) in [5.74, 6) is -0.113. The van der Waals surface area contributed by atoms with Gasteiger partial charge in [0.1, 0.15) is 5.75 Å². The molecule has 20 heavy (non-hydrogen) atoms. The molecule has 108 valence electrons. The van der Waals surface area contributed by atoms with E-state index in [9.17, 15) is 9.59 Å². The maximum absolute atomic E-state index is 12.2. The molecule has 0 aromatic heterocycles. The van der Waals surface area contributed by atoms with Crippen LogP contribution in [0, 0.1) is 5.41 Å². The molecule has 1 N–H and O–H groups in total. The molecule has 0 saturated carbocycles. The third-order valence-corrected chi connectivity index (χ3v) is 3.86. The lowest BCUT2D eigenvalue weighted by Gasteiger charge is -2.20. The van der Waals surface area contributed by atoms with Gasteiger partial charge in [-0.3, -0.25) is 9.59 Å². The molecular weight excluding hydrogens is 258 g/mol. The lowest BCUT2D eigenvalue weighted by Crippen LogP contribution is -2.35. The van der Waals surface area contributed by atoms with Gasteiger partial charge >= 0.3 is 5.97 Å². The van der Waals surface area contributed by atoms with Crippen molar-refractivity contribution in [3.63, 3.8) is 0 Å². The topological polar surface area (TPSA) is 66.8 Å². The van der Waals surface area contributed by atoms with Gasteiger partial charge in [0.2, 0.25) is 5.91 Å². The van der Waals surface area contributed by atoms with Crippen LogP contribution in [-0.4, -0.2) is 42.1 Å². The van der Waals surface area contributed by atoms with Crippen LogP contribution >= 0.6 is 0 Å². The van der Waals surface area contributed by atoms with Crippen LogP contribution in [0.2, 0.25) is 0 Å². The number of carboxylic acids is 1. The van der Waals surface area contributed by atoms with Crippen LogP contribution in [0.15, 0.2) is 24.3 Å². The van der Waals surface area contributed by atoms with Crippen molar-refractivity contribution < 1.29 is 19.4 Å². The van der Waals surface area contributed by atoms with Crippen LogP contribution < -0.4 is 4.74 Å². The number of carboxylic acid groups (broad SMARTS) is 1. The van der Waals surface area contributed by atoms with Gasteiger partial charge in [-0.1, -0.05) is 12.1 Å². The van der Waals surface area contributed by atoms with Gasteiger partial charge in [0.05, 0.1) is 18.9 Å². The van der Waals surface area contributed by atoms with Crippen molar-refractivity contribution in [2.45, 2.75) is 19.8 Å². The van der Waals surface area contributed by atoms with Crippen molar-refractivity contribution in [3.8, 4) is 5.75 Å². The summed E-state index contributed by atoms with van der Waals surface area (Å²) in [6.45, 7) is 2.49. The Labute approximate surface area is 118 Å². The number of likely N-dealkylation sites (tertiary alicyclic amines) is 1. The summed E-state index contributed by atoms with van der Waals surface area (Å²) in [7, 11) is 1.59. The number of rotatable bonds is 4. The van der Waals surface area contributed by atoms with Crippen LogP contribution in [0.5, 0.6) is 5.75 Å². The molecule has 1 atom stereocenters. The fourth-order valence-corrected chi connectivity index (χ4v) is 2.38. The second-order valence-electron chi connectivity index (χ2n) is 5.46. The Morgan fingerprint density at radius 2 is 2.00 bits per heavy atom. The first-order chi connectivity index (χ1) is 9.44. The first-order valence-corrected chi connectivity index (χ1v) is 6.59. The lowest BCUT2D eigenvalue weighted by molar-refractivity contribution is -0.147. The maximum Gasteiger partial charge on any atom is 0.311 e. The largest absolute Gasteiger partial charge is 0.497 e. The standard InChI is InChI=1S/C15H19NO4/c1-15(14(18)19)7-8-16(10-15)13(17)9-11-3-5-12(20-2)6-4-11/h3-6H,7-10H2,1-2H3,(H,18,19)/t15-/m1/s1. The Kier molecular flexibility index (Phi) is 3.97. The predicted octanol–water partition coefficient (Wildman–Crippen LogP) is 1.56. The van der Waals surface area contributed by atoms with Gasteiger partial charge in [-0.2, -0.15) is 0 Å². The van der Waals surface area contributed by atoms with Gasteiger partial charge in [-0.25, -0.2) is 0 Å². The molecule has 0 unspecified atom stereocenters. The van der Waals surface area contributed by atoms with Crippen molar-refractivity contribution >= 4 is 11.9 Å². The van der Waals surface area contributed by atoms with E-state index in [0.29, 0.717) is 19.4 Å². The van der Waals surface area contributed by atoms with Crippen LogP contribution in [0.1, 0.15) is 18.9 Å². The van der Waals surface area contributed by atoms with Gasteiger partial charge in [0.15, 0.2) is 0 Å². The minimum Gasteiger partial charge on any atom is -0.497 e. The van der Waals surface area contributed by atoms with E-state index in [1.54, 1.807) is 18.9 Å². The normalized spacial score (nSPS) is 21.8. The number of amides is 1. The summed E-state index contributed by atoms with van der Waals surface area (Å²) in [5.41, 5.74) is 0.0926. The summed E-state index contributed by atoms with van der Waals surface area (Å²) in [4.78, 5) is 25.0. The highest BCUT2D eigenvalue weighted by Crippen LogP contribution is 2.30. The van der Waals surface area contributed by atoms with Crippen molar-refractivity contribution in [2.24, 2.45) is 5.41 Å². The minimum atomic E-state index is -0.836. The van der Waals surface area contributed by atoms with Gasteiger partial charge in [0, 0.05) is 13.1 Å². The number of nitrogens with zero attached hydrogens (tertiary/aromatic N) is 1.